The van der Waals surface area contributed by atoms with E-state index in [4.69, 9.17) is 0 Å². The molecule has 1 aliphatic rings. The molecule has 0 spiro atoms. The number of nitro benzene ring substituents is 1. The van der Waals surface area contributed by atoms with Gasteiger partial charge < -0.3 is 10.2 Å². The fourth-order valence-electron chi connectivity index (χ4n) is 2.59. The van der Waals surface area contributed by atoms with Crippen molar-refractivity contribution in [1.82, 2.24) is 4.90 Å². The quantitative estimate of drug-likeness (QED) is 0.670. The lowest BCUT2D eigenvalue weighted by Crippen LogP contribution is -2.35. The maximum absolute atomic E-state index is 13.7. The Labute approximate surface area is 122 Å². The van der Waals surface area contributed by atoms with E-state index in [1.54, 1.807) is 0 Å². The molecule has 0 atom stereocenters. The molecule has 1 aliphatic heterocycles. The molecule has 116 valence electrons. The Kier molecular flexibility index (Phi) is 5.06. The van der Waals surface area contributed by atoms with E-state index >= 15 is 0 Å². The van der Waals surface area contributed by atoms with Gasteiger partial charge in [-0.1, -0.05) is 6.92 Å². The van der Waals surface area contributed by atoms with Gasteiger partial charge in [-0.2, -0.15) is 0 Å². The van der Waals surface area contributed by atoms with Crippen LogP contribution in [-0.2, 0) is 0 Å². The van der Waals surface area contributed by atoms with Crippen LogP contribution in [0, 0.1) is 27.7 Å². The molecule has 0 aromatic heterocycles. The number of nitrogens with zero attached hydrogens (tertiary/aromatic N) is 2. The third-order valence-electron chi connectivity index (χ3n) is 3.96. The van der Waals surface area contributed by atoms with Gasteiger partial charge in [0, 0.05) is 6.54 Å². The molecule has 0 saturated carbocycles. The van der Waals surface area contributed by atoms with E-state index in [0.717, 1.165) is 44.6 Å². The number of rotatable bonds is 5. The van der Waals surface area contributed by atoms with Crippen molar-refractivity contribution < 1.29 is 13.7 Å². The molecular formula is C14H19F2N3O2. The van der Waals surface area contributed by atoms with Crippen LogP contribution in [0.2, 0.25) is 0 Å². The maximum atomic E-state index is 13.7. The van der Waals surface area contributed by atoms with Crippen molar-refractivity contribution in [3.8, 4) is 0 Å². The SMILES string of the molecule is CCN1CCC(CNc2c(F)cc([N+](=O)[O-])cc2F)CC1. The number of nitro groups is 1. The van der Waals surface area contributed by atoms with E-state index in [-0.39, 0.29) is 5.69 Å². The van der Waals surface area contributed by atoms with Crippen molar-refractivity contribution in [3.63, 3.8) is 0 Å². The molecule has 21 heavy (non-hydrogen) atoms. The first-order chi connectivity index (χ1) is 10.0. The van der Waals surface area contributed by atoms with Gasteiger partial charge in [-0.25, -0.2) is 8.78 Å². The second kappa shape index (κ2) is 6.80. The predicted molar refractivity (Wildman–Crippen MR) is 76.3 cm³/mol. The van der Waals surface area contributed by atoms with Crippen molar-refractivity contribution >= 4 is 11.4 Å². The van der Waals surface area contributed by atoms with Crippen LogP contribution in [0.3, 0.4) is 0 Å². The predicted octanol–water partition coefficient (Wildman–Crippen LogP) is 3.02. The highest BCUT2D eigenvalue weighted by molar-refractivity contribution is 5.51. The summed E-state index contributed by atoms with van der Waals surface area (Å²) in [6.07, 6.45) is 1.97. The number of nitrogens with one attached hydrogen (secondary N) is 1. The summed E-state index contributed by atoms with van der Waals surface area (Å²) in [4.78, 5) is 12.1. The largest absolute Gasteiger partial charge is 0.380 e. The van der Waals surface area contributed by atoms with E-state index in [0.29, 0.717) is 12.5 Å². The third kappa shape index (κ3) is 3.87. The van der Waals surface area contributed by atoms with Gasteiger partial charge in [0.25, 0.3) is 5.69 Å². The minimum atomic E-state index is -0.923. The Morgan fingerprint density at radius 1 is 1.33 bits per heavy atom. The Morgan fingerprint density at radius 3 is 2.38 bits per heavy atom. The molecule has 7 heteroatoms. The fraction of sp³-hybridized carbons (Fsp3) is 0.571. The molecule has 1 aromatic carbocycles. The topological polar surface area (TPSA) is 58.4 Å². The van der Waals surface area contributed by atoms with Gasteiger partial charge in [0.2, 0.25) is 0 Å². The summed E-state index contributed by atoms with van der Waals surface area (Å²) in [6, 6.07) is 1.48. The van der Waals surface area contributed by atoms with Gasteiger partial charge in [0.05, 0.1) is 17.1 Å². The van der Waals surface area contributed by atoms with Gasteiger partial charge in [0.15, 0.2) is 11.6 Å². The monoisotopic (exact) mass is 299 g/mol. The Balaban J connectivity index is 1.96. The maximum Gasteiger partial charge on any atom is 0.275 e. The fourth-order valence-corrected chi connectivity index (χ4v) is 2.59. The van der Waals surface area contributed by atoms with Crippen molar-refractivity contribution in [2.75, 3.05) is 31.5 Å². The smallest absolute Gasteiger partial charge is 0.275 e. The normalized spacial score (nSPS) is 16.9. The first-order valence-electron chi connectivity index (χ1n) is 7.11. The highest BCUT2D eigenvalue weighted by Gasteiger charge is 2.20. The summed E-state index contributed by atoms with van der Waals surface area (Å²) in [7, 11) is 0. The van der Waals surface area contributed by atoms with Crippen molar-refractivity contribution in [2.24, 2.45) is 5.92 Å². The molecule has 1 aromatic rings. The Morgan fingerprint density at radius 2 is 1.90 bits per heavy atom. The van der Waals surface area contributed by atoms with Gasteiger partial charge in [-0.3, -0.25) is 10.1 Å². The minimum Gasteiger partial charge on any atom is -0.380 e. The number of anilines is 1. The first-order valence-corrected chi connectivity index (χ1v) is 7.11. The van der Waals surface area contributed by atoms with Gasteiger partial charge in [-0.05, 0) is 38.4 Å². The Hall–Kier alpha value is -1.76. The average molecular weight is 299 g/mol. The molecule has 2 rings (SSSR count). The Bertz CT molecular complexity index is 494. The number of benzene rings is 1. The second-order valence-corrected chi connectivity index (χ2v) is 5.30. The van der Waals surface area contributed by atoms with Crippen LogP contribution in [0.25, 0.3) is 0 Å². The molecule has 1 saturated heterocycles. The summed E-state index contributed by atoms with van der Waals surface area (Å²) >= 11 is 0. The zero-order valence-electron chi connectivity index (χ0n) is 11.9. The van der Waals surface area contributed by atoms with E-state index in [1.807, 2.05) is 0 Å². The lowest BCUT2D eigenvalue weighted by atomic mass is 9.97. The van der Waals surface area contributed by atoms with Crippen molar-refractivity contribution in [1.29, 1.82) is 0 Å². The number of piperidine rings is 1. The van der Waals surface area contributed by atoms with Crippen LogP contribution in [-0.4, -0.2) is 36.0 Å². The number of halogens is 2. The van der Waals surface area contributed by atoms with E-state index < -0.39 is 22.2 Å². The molecule has 0 bridgehead atoms. The summed E-state index contributed by atoms with van der Waals surface area (Å²) < 4.78 is 27.5. The molecule has 0 aliphatic carbocycles. The molecule has 1 heterocycles. The zero-order chi connectivity index (χ0) is 15.4. The first kappa shape index (κ1) is 15.6. The number of hydrogen-bond donors (Lipinski definition) is 1. The van der Waals surface area contributed by atoms with E-state index in [1.165, 1.54) is 0 Å². The second-order valence-electron chi connectivity index (χ2n) is 5.30. The van der Waals surface area contributed by atoms with Crippen LogP contribution in [0.5, 0.6) is 0 Å². The van der Waals surface area contributed by atoms with Crippen LogP contribution < -0.4 is 5.32 Å². The number of hydrogen-bond acceptors (Lipinski definition) is 4. The number of non-ortho nitro benzene ring substituents is 1. The van der Waals surface area contributed by atoms with Crippen LogP contribution in [0.4, 0.5) is 20.2 Å². The summed E-state index contributed by atoms with van der Waals surface area (Å²) in [6.45, 7) is 5.59. The van der Waals surface area contributed by atoms with E-state index in [9.17, 15) is 18.9 Å². The lowest BCUT2D eigenvalue weighted by molar-refractivity contribution is -0.385. The third-order valence-corrected chi connectivity index (χ3v) is 3.96. The summed E-state index contributed by atoms with van der Waals surface area (Å²) in [5.74, 6) is -1.48. The summed E-state index contributed by atoms with van der Waals surface area (Å²) in [5.41, 5.74) is -0.856. The lowest BCUT2D eigenvalue weighted by Gasteiger charge is -2.31. The molecule has 5 nitrogen and oxygen atoms in total. The van der Waals surface area contributed by atoms with Crippen molar-refractivity contribution in [2.45, 2.75) is 19.8 Å². The van der Waals surface area contributed by atoms with Gasteiger partial charge in [-0.15, -0.1) is 0 Å². The zero-order valence-corrected chi connectivity index (χ0v) is 11.9. The molecule has 0 radical (unpaired) electrons. The molecular weight excluding hydrogens is 280 g/mol. The molecule has 0 unspecified atom stereocenters. The van der Waals surface area contributed by atoms with E-state index in [2.05, 4.69) is 17.1 Å². The molecule has 0 amide bonds. The average Bonchev–Trinajstić information content (AvgIpc) is 2.46. The molecule has 1 fully saturated rings. The highest BCUT2D eigenvalue weighted by atomic mass is 19.1. The van der Waals surface area contributed by atoms with Crippen LogP contribution in [0.1, 0.15) is 19.8 Å². The van der Waals surface area contributed by atoms with Gasteiger partial charge in [0.1, 0.15) is 5.69 Å². The molecule has 1 N–H and O–H groups in total. The van der Waals surface area contributed by atoms with Gasteiger partial charge >= 0.3 is 0 Å². The minimum absolute atomic E-state index is 0.279. The van der Waals surface area contributed by atoms with Crippen LogP contribution in [0.15, 0.2) is 12.1 Å². The highest BCUT2D eigenvalue weighted by Crippen LogP contribution is 2.26. The standard InChI is InChI=1S/C14H19F2N3O2/c1-2-18-5-3-10(4-6-18)9-17-14-12(15)7-11(19(20)21)8-13(14)16/h7-8,10,17H,2-6,9H2,1H3. The summed E-state index contributed by atoms with van der Waals surface area (Å²) in [5, 5.41) is 13.3. The van der Waals surface area contributed by atoms with Crippen LogP contribution >= 0.6 is 0 Å². The number of likely N-dealkylation sites (tertiary alicyclic amines) is 1. The van der Waals surface area contributed by atoms with Crippen molar-refractivity contribution in [3.05, 3.63) is 33.9 Å².